The number of aryl methyl sites for hydroxylation is 1. The summed E-state index contributed by atoms with van der Waals surface area (Å²) in [6.07, 6.45) is 2.69. The Bertz CT molecular complexity index is 1120. The summed E-state index contributed by atoms with van der Waals surface area (Å²) in [6, 6.07) is 23.5. The van der Waals surface area contributed by atoms with Gasteiger partial charge in [-0.15, -0.1) is 0 Å². The van der Waals surface area contributed by atoms with Crippen LogP contribution in [0.25, 0.3) is 0 Å². The summed E-state index contributed by atoms with van der Waals surface area (Å²) in [4.78, 5) is 2.60. The van der Waals surface area contributed by atoms with E-state index in [0.29, 0.717) is 19.8 Å². The van der Waals surface area contributed by atoms with Crippen molar-refractivity contribution < 1.29 is 14.2 Å². The molecule has 0 spiro atoms. The van der Waals surface area contributed by atoms with E-state index in [1.807, 2.05) is 43.8 Å². The van der Waals surface area contributed by atoms with Gasteiger partial charge in [0.05, 0.1) is 18.8 Å². The van der Waals surface area contributed by atoms with E-state index in [1.165, 1.54) is 32.0 Å². The molecule has 0 amide bonds. The summed E-state index contributed by atoms with van der Waals surface area (Å²) < 4.78 is 17.6. The molecule has 3 aromatic carbocycles. The summed E-state index contributed by atoms with van der Waals surface area (Å²) in [5, 5.41) is 0. The molecule has 4 nitrogen and oxygen atoms in total. The number of ether oxygens (including phenoxy) is 3. The molecule has 0 aliphatic carbocycles. The zero-order chi connectivity index (χ0) is 22.9. The molecule has 1 saturated heterocycles. The molecule has 0 unspecified atom stereocenters. The number of hydrogen-bond donors (Lipinski definition) is 1. The third-order valence-corrected chi connectivity index (χ3v) is 7.55. The Labute approximate surface area is 200 Å². The van der Waals surface area contributed by atoms with Crippen molar-refractivity contribution in [3.63, 3.8) is 0 Å². The molecular weight excluding hydrogens is 430 g/mol. The number of nitrogens with two attached hydrogens (primary N) is 1. The van der Waals surface area contributed by atoms with Gasteiger partial charge in [0.25, 0.3) is 0 Å². The van der Waals surface area contributed by atoms with E-state index in [1.54, 1.807) is 0 Å². The van der Waals surface area contributed by atoms with Crippen LogP contribution in [0.2, 0.25) is 0 Å². The van der Waals surface area contributed by atoms with Crippen molar-refractivity contribution in [3.05, 3.63) is 89.0 Å². The van der Waals surface area contributed by atoms with E-state index in [4.69, 9.17) is 19.9 Å². The number of benzene rings is 3. The normalized spacial score (nSPS) is 18.3. The van der Waals surface area contributed by atoms with Gasteiger partial charge in [-0.3, -0.25) is 0 Å². The van der Waals surface area contributed by atoms with Crippen LogP contribution in [0.3, 0.4) is 0 Å². The molecule has 172 valence electrons. The van der Waals surface area contributed by atoms with Crippen molar-refractivity contribution in [2.75, 3.05) is 13.2 Å². The average molecular weight is 462 g/mol. The molecule has 0 radical (unpaired) electrons. The predicted octanol–water partition coefficient (Wildman–Crippen LogP) is 5.73. The van der Waals surface area contributed by atoms with Crippen molar-refractivity contribution in [3.8, 4) is 5.75 Å². The lowest BCUT2D eigenvalue weighted by Gasteiger charge is -2.41. The summed E-state index contributed by atoms with van der Waals surface area (Å²) in [6.45, 7) is 5.50. The van der Waals surface area contributed by atoms with Crippen LogP contribution in [0.5, 0.6) is 5.75 Å². The third kappa shape index (κ3) is 5.44. The largest absolute Gasteiger partial charge is 0.489 e. The lowest BCUT2D eigenvalue weighted by Crippen LogP contribution is -2.57. The Morgan fingerprint density at radius 2 is 1.58 bits per heavy atom. The first-order valence-corrected chi connectivity index (χ1v) is 12.4. The minimum absolute atomic E-state index is 0.434. The molecule has 2 heterocycles. The van der Waals surface area contributed by atoms with Crippen LogP contribution >= 0.6 is 11.8 Å². The van der Waals surface area contributed by atoms with Crippen LogP contribution in [-0.2, 0) is 28.9 Å². The summed E-state index contributed by atoms with van der Waals surface area (Å²) in [5.41, 5.74) is 11.3. The summed E-state index contributed by atoms with van der Waals surface area (Å²) in [7, 11) is 0. The number of rotatable bonds is 6. The van der Waals surface area contributed by atoms with E-state index in [9.17, 15) is 0 Å². The fourth-order valence-corrected chi connectivity index (χ4v) is 5.35. The van der Waals surface area contributed by atoms with Crippen LogP contribution in [0.15, 0.2) is 76.5 Å². The summed E-state index contributed by atoms with van der Waals surface area (Å²) >= 11 is 1.83. The van der Waals surface area contributed by atoms with Gasteiger partial charge in [0.2, 0.25) is 0 Å². The molecule has 2 aliphatic heterocycles. The molecule has 2 N–H and O–H groups in total. The Kier molecular flexibility index (Phi) is 6.23. The molecule has 33 heavy (non-hydrogen) atoms. The van der Waals surface area contributed by atoms with Crippen molar-refractivity contribution in [2.24, 2.45) is 5.73 Å². The highest BCUT2D eigenvalue weighted by atomic mass is 32.2. The van der Waals surface area contributed by atoms with Crippen molar-refractivity contribution in [2.45, 2.75) is 60.8 Å². The van der Waals surface area contributed by atoms with E-state index in [0.717, 1.165) is 25.0 Å². The predicted molar refractivity (Wildman–Crippen MR) is 132 cm³/mol. The van der Waals surface area contributed by atoms with Gasteiger partial charge < -0.3 is 19.9 Å². The molecule has 0 bridgehead atoms. The molecule has 5 heteroatoms. The van der Waals surface area contributed by atoms with Gasteiger partial charge in [0, 0.05) is 9.79 Å². The van der Waals surface area contributed by atoms with Gasteiger partial charge in [-0.2, -0.15) is 0 Å². The van der Waals surface area contributed by atoms with Crippen LogP contribution in [-0.4, -0.2) is 24.5 Å². The first kappa shape index (κ1) is 22.5. The highest BCUT2D eigenvalue weighted by molar-refractivity contribution is 7.99. The van der Waals surface area contributed by atoms with E-state index < -0.39 is 11.3 Å². The van der Waals surface area contributed by atoms with Gasteiger partial charge in [-0.1, -0.05) is 60.3 Å². The van der Waals surface area contributed by atoms with Crippen LogP contribution in [0.1, 0.15) is 42.5 Å². The van der Waals surface area contributed by atoms with Crippen molar-refractivity contribution in [1.29, 1.82) is 0 Å². The van der Waals surface area contributed by atoms with Crippen LogP contribution in [0, 0.1) is 0 Å². The highest BCUT2D eigenvalue weighted by Gasteiger charge is 2.36. The maximum Gasteiger partial charge on any atom is 0.162 e. The van der Waals surface area contributed by atoms with E-state index >= 15 is 0 Å². The van der Waals surface area contributed by atoms with Gasteiger partial charge >= 0.3 is 0 Å². The van der Waals surface area contributed by atoms with E-state index in [-0.39, 0.29) is 0 Å². The Morgan fingerprint density at radius 1 is 0.879 bits per heavy atom. The molecule has 0 aromatic heterocycles. The second-order valence-corrected chi connectivity index (χ2v) is 10.7. The van der Waals surface area contributed by atoms with Gasteiger partial charge in [-0.05, 0) is 73.6 Å². The molecular formula is C28H31NO3S. The summed E-state index contributed by atoms with van der Waals surface area (Å²) in [5.74, 6) is 0.373. The van der Waals surface area contributed by atoms with Crippen LogP contribution < -0.4 is 10.5 Å². The van der Waals surface area contributed by atoms with Gasteiger partial charge in [0.15, 0.2) is 5.79 Å². The topological polar surface area (TPSA) is 53.7 Å². The monoisotopic (exact) mass is 461 g/mol. The number of hydrogen-bond acceptors (Lipinski definition) is 5. The zero-order valence-electron chi connectivity index (χ0n) is 19.3. The maximum absolute atomic E-state index is 6.55. The Morgan fingerprint density at radius 3 is 2.33 bits per heavy atom. The molecule has 3 aromatic rings. The SMILES string of the molecule is CC1(C)OCC(N)(CCc2ccc3c(c2)Sc2cc(OCc4ccccc4)ccc2C3)CO1. The molecule has 5 rings (SSSR count). The quantitative estimate of drug-likeness (QED) is 0.397. The molecule has 2 aliphatic rings. The Balaban J connectivity index is 1.23. The highest BCUT2D eigenvalue weighted by Crippen LogP contribution is 2.41. The fourth-order valence-electron chi connectivity index (χ4n) is 4.18. The minimum Gasteiger partial charge on any atom is -0.489 e. The average Bonchev–Trinajstić information content (AvgIpc) is 2.83. The molecule has 0 atom stereocenters. The van der Waals surface area contributed by atoms with Gasteiger partial charge in [0.1, 0.15) is 12.4 Å². The lowest BCUT2D eigenvalue weighted by molar-refractivity contribution is -0.267. The molecule has 0 saturated carbocycles. The van der Waals surface area contributed by atoms with E-state index in [2.05, 4.69) is 48.5 Å². The third-order valence-electron chi connectivity index (χ3n) is 6.35. The second kappa shape index (κ2) is 9.15. The first-order valence-electron chi connectivity index (χ1n) is 11.5. The Hall–Kier alpha value is -2.31. The smallest absolute Gasteiger partial charge is 0.162 e. The van der Waals surface area contributed by atoms with Crippen LogP contribution in [0.4, 0.5) is 0 Å². The van der Waals surface area contributed by atoms with Gasteiger partial charge in [-0.25, -0.2) is 0 Å². The first-order chi connectivity index (χ1) is 15.9. The lowest BCUT2D eigenvalue weighted by atomic mass is 9.92. The minimum atomic E-state index is -0.539. The zero-order valence-corrected chi connectivity index (χ0v) is 20.1. The van der Waals surface area contributed by atoms with Crippen molar-refractivity contribution in [1.82, 2.24) is 0 Å². The second-order valence-electron chi connectivity index (χ2n) is 9.60. The molecule has 1 fully saturated rings. The number of fused-ring (bicyclic) bond motifs is 2. The fraction of sp³-hybridized carbons (Fsp3) is 0.357. The maximum atomic E-state index is 6.55. The van der Waals surface area contributed by atoms with Crippen molar-refractivity contribution >= 4 is 11.8 Å². The standard InChI is InChI=1S/C28H31NO3S/c1-27(2)31-18-28(29,19-32-27)13-12-20-8-9-22-15-23-10-11-24(16-26(23)33-25(22)14-20)30-17-21-6-4-3-5-7-21/h3-11,14,16H,12-13,15,17-19,29H2,1-2H3.